The molecule has 0 saturated heterocycles. The van der Waals surface area contributed by atoms with E-state index in [-0.39, 0.29) is 60.3 Å². The summed E-state index contributed by atoms with van der Waals surface area (Å²) in [5, 5.41) is 4.84. The molecule has 2 aromatic carbocycles. The molecule has 1 atom stereocenters. The molecule has 0 radical (unpaired) electrons. The number of halogens is 1. The zero-order valence-corrected chi connectivity index (χ0v) is 28.8. The van der Waals surface area contributed by atoms with Gasteiger partial charge in [-0.2, -0.15) is 0 Å². The van der Waals surface area contributed by atoms with Gasteiger partial charge >= 0.3 is 12.2 Å². The van der Waals surface area contributed by atoms with E-state index in [0.717, 1.165) is 5.56 Å². The van der Waals surface area contributed by atoms with E-state index >= 15 is 0 Å². The number of hydrogen-bond donors (Lipinski definition) is 2. The minimum atomic E-state index is -0.834. The van der Waals surface area contributed by atoms with E-state index in [9.17, 15) is 18.8 Å². The fraction of sp³-hybridized carbons (Fsp3) is 0.500. The largest absolute Gasteiger partial charge is 0.487 e. The maximum atomic E-state index is 13.4. The normalized spacial score (nSPS) is 12.2. The Hall–Kier alpha value is -4.68. The Morgan fingerprint density at radius 3 is 2.00 bits per heavy atom. The van der Waals surface area contributed by atoms with Gasteiger partial charge in [-0.05, 0) is 91.0 Å². The van der Waals surface area contributed by atoms with E-state index in [1.807, 2.05) is 6.92 Å². The van der Waals surface area contributed by atoms with Gasteiger partial charge in [0.1, 0.15) is 29.1 Å². The molecule has 0 fully saturated rings. The number of nitrogens with one attached hydrogen (secondary N) is 2. The number of alkyl carbamates (subject to hydrolysis) is 2. The van der Waals surface area contributed by atoms with E-state index in [1.165, 1.54) is 19.1 Å². The van der Waals surface area contributed by atoms with Crippen LogP contribution >= 0.6 is 0 Å². The molecule has 3 rings (SSSR count). The fourth-order valence-corrected chi connectivity index (χ4v) is 4.54. The number of rotatable bonds is 10. The first-order chi connectivity index (χ1) is 21.8. The third kappa shape index (κ3) is 11.0. The monoisotopic (exact) mass is 656 g/mol. The van der Waals surface area contributed by atoms with Crippen molar-refractivity contribution in [2.75, 3.05) is 19.8 Å². The smallest absolute Gasteiger partial charge is 0.414 e. The number of aliphatic imine (C=N–C) groups is 1. The Kier molecular flexibility index (Phi) is 12.0. The third-order valence-electron chi connectivity index (χ3n) is 6.54. The number of ketones is 1. The molecule has 0 aliphatic heterocycles. The van der Waals surface area contributed by atoms with Crippen LogP contribution < -0.4 is 20.1 Å². The SMILES string of the molecule is CC(=O)c1c(OCCN=C(NC(=O)OC(C)(C)C)NC(=O)OC(C)(C)C)c(OCCC(C)c2ccc(F)cc2)c2oc(C)nc2c1C. The first-order valence-electron chi connectivity index (χ1n) is 15.3. The predicted molar refractivity (Wildman–Crippen MR) is 175 cm³/mol. The Morgan fingerprint density at radius 2 is 1.47 bits per heavy atom. The number of fused-ring (bicyclic) bond motifs is 1. The zero-order valence-electron chi connectivity index (χ0n) is 28.8. The van der Waals surface area contributed by atoms with Crippen LogP contribution in [0.15, 0.2) is 33.7 Å². The summed E-state index contributed by atoms with van der Waals surface area (Å²) in [7, 11) is 0. The third-order valence-corrected chi connectivity index (χ3v) is 6.54. The van der Waals surface area contributed by atoms with Gasteiger partial charge in [0.2, 0.25) is 17.3 Å². The number of carbonyl (C=O) groups excluding carboxylic acids is 3. The van der Waals surface area contributed by atoms with Gasteiger partial charge < -0.3 is 23.4 Å². The summed E-state index contributed by atoms with van der Waals surface area (Å²) >= 11 is 0. The van der Waals surface area contributed by atoms with E-state index in [4.69, 9.17) is 23.4 Å². The van der Waals surface area contributed by atoms with Crippen molar-refractivity contribution in [1.29, 1.82) is 0 Å². The standard InChI is InChI=1S/C34H45FN4O8/c1-19(23-11-13-24(35)14-12-23)15-17-43-29-27(25(21(3)40)20(2)26-28(29)45-22(4)37-26)44-18-16-36-30(38-31(41)46-33(5,6)7)39-32(42)47-34(8,9)10/h11-14,19H,15-18H2,1-10H3,(H2,36,38,39,41,42). The molecular formula is C34H45FN4O8. The number of aromatic nitrogens is 1. The van der Waals surface area contributed by atoms with Gasteiger partial charge in [0.05, 0.1) is 18.7 Å². The molecule has 47 heavy (non-hydrogen) atoms. The molecule has 0 aliphatic carbocycles. The van der Waals surface area contributed by atoms with Crippen LogP contribution in [0.3, 0.4) is 0 Å². The first kappa shape index (κ1) is 36.8. The maximum absolute atomic E-state index is 13.4. The Labute approximate surface area is 274 Å². The molecule has 0 aliphatic rings. The molecule has 0 spiro atoms. The lowest BCUT2D eigenvalue weighted by atomic mass is 9.98. The van der Waals surface area contributed by atoms with Gasteiger partial charge in [0.15, 0.2) is 17.4 Å². The lowest BCUT2D eigenvalue weighted by Crippen LogP contribution is -2.47. The van der Waals surface area contributed by atoms with Crippen LogP contribution in [0.5, 0.6) is 11.5 Å². The van der Waals surface area contributed by atoms with Crippen LogP contribution in [-0.2, 0) is 9.47 Å². The zero-order chi connectivity index (χ0) is 35.1. The van der Waals surface area contributed by atoms with E-state index in [1.54, 1.807) is 67.5 Å². The molecule has 2 N–H and O–H groups in total. The van der Waals surface area contributed by atoms with Crippen LogP contribution in [0.4, 0.5) is 14.0 Å². The molecule has 1 aromatic heterocycles. The van der Waals surface area contributed by atoms with Crippen molar-refractivity contribution in [1.82, 2.24) is 15.6 Å². The summed E-state index contributed by atoms with van der Waals surface area (Å²) in [5.74, 6) is 0.00815. The Balaban J connectivity index is 1.87. The van der Waals surface area contributed by atoms with Crippen LogP contribution in [0.2, 0.25) is 0 Å². The molecule has 12 nitrogen and oxygen atoms in total. The molecule has 1 unspecified atom stereocenters. The van der Waals surface area contributed by atoms with Crippen LogP contribution in [0.25, 0.3) is 11.1 Å². The number of ether oxygens (including phenoxy) is 4. The molecular weight excluding hydrogens is 611 g/mol. The molecule has 3 aromatic rings. The second-order valence-electron chi connectivity index (χ2n) is 13.0. The number of carbonyl (C=O) groups is 3. The number of aryl methyl sites for hydroxylation is 2. The summed E-state index contributed by atoms with van der Waals surface area (Å²) in [4.78, 5) is 46.6. The van der Waals surface area contributed by atoms with Gasteiger partial charge in [-0.3, -0.25) is 15.4 Å². The number of guanidine groups is 1. The van der Waals surface area contributed by atoms with Crippen molar-refractivity contribution < 1.29 is 42.1 Å². The van der Waals surface area contributed by atoms with E-state index in [0.29, 0.717) is 29.0 Å². The molecule has 0 bridgehead atoms. The van der Waals surface area contributed by atoms with E-state index in [2.05, 4.69) is 20.6 Å². The Morgan fingerprint density at radius 1 is 0.915 bits per heavy atom. The Bertz CT molecular complexity index is 1590. The number of oxazole rings is 1. The molecule has 13 heteroatoms. The minimum absolute atomic E-state index is 0.0485. The van der Waals surface area contributed by atoms with Gasteiger partial charge in [-0.15, -0.1) is 0 Å². The highest BCUT2D eigenvalue weighted by atomic mass is 19.1. The number of benzene rings is 2. The number of Topliss-reactive ketones (excluding diaryl/α,β-unsaturated/α-hetero) is 1. The second kappa shape index (κ2) is 15.3. The maximum Gasteiger partial charge on any atom is 0.414 e. The number of nitrogens with zero attached hydrogens (tertiary/aromatic N) is 2. The quantitative estimate of drug-likeness (QED) is 0.100. The van der Waals surface area contributed by atoms with Crippen molar-refractivity contribution >= 4 is 35.0 Å². The van der Waals surface area contributed by atoms with E-state index < -0.39 is 23.4 Å². The van der Waals surface area contributed by atoms with Gasteiger partial charge in [0.25, 0.3) is 0 Å². The first-order valence-corrected chi connectivity index (χ1v) is 15.3. The lowest BCUT2D eigenvalue weighted by Gasteiger charge is -2.22. The van der Waals surface area contributed by atoms with Crippen molar-refractivity contribution in [3.8, 4) is 11.5 Å². The highest BCUT2D eigenvalue weighted by Crippen LogP contribution is 2.43. The summed E-state index contributed by atoms with van der Waals surface area (Å²) < 4.78 is 42.3. The average Bonchev–Trinajstić information content (AvgIpc) is 3.32. The summed E-state index contributed by atoms with van der Waals surface area (Å²) in [5.41, 5.74) is 1.01. The van der Waals surface area contributed by atoms with Crippen molar-refractivity contribution in [3.05, 3.63) is 52.7 Å². The topological polar surface area (TPSA) is 151 Å². The predicted octanol–water partition coefficient (Wildman–Crippen LogP) is 7.14. The van der Waals surface area contributed by atoms with Gasteiger partial charge in [-0.25, -0.2) is 24.0 Å². The molecule has 2 amide bonds. The number of amides is 2. The number of hydrogen-bond acceptors (Lipinski definition) is 10. The highest BCUT2D eigenvalue weighted by molar-refractivity contribution is 6.05. The minimum Gasteiger partial charge on any atom is -0.487 e. The van der Waals surface area contributed by atoms with Crippen molar-refractivity contribution in [2.45, 2.75) is 92.8 Å². The van der Waals surface area contributed by atoms with Crippen molar-refractivity contribution in [3.63, 3.8) is 0 Å². The fourth-order valence-electron chi connectivity index (χ4n) is 4.54. The molecule has 256 valence electrons. The average molecular weight is 657 g/mol. The summed E-state index contributed by atoms with van der Waals surface area (Å²) in [6, 6.07) is 6.30. The van der Waals surface area contributed by atoms with Crippen LogP contribution in [0, 0.1) is 19.7 Å². The van der Waals surface area contributed by atoms with Gasteiger partial charge in [0, 0.05) is 6.92 Å². The molecule has 1 heterocycles. The summed E-state index contributed by atoms with van der Waals surface area (Å²) in [6.45, 7) is 17.1. The summed E-state index contributed by atoms with van der Waals surface area (Å²) in [6.07, 6.45) is -1.10. The second-order valence-corrected chi connectivity index (χ2v) is 13.0. The highest BCUT2D eigenvalue weighted by Gasteiger charge is 2.27. The van der Waals surface area contributed by atoms with Gasteiger partial charge in [-0.1, -0.05) is 19.1 Å². The van der Waals surface area contributed by atoms with Crippen LogP contribution in [-0.4, -0.2) is 59.9 Å². The van der Waals surface area contributed by atoms with Crippen molar-refractivity contribution in [2.24, 2.45) is 4.99 Å². The molecule has 0 saturated carbocycles. The van der Waals surface area contributed by atoms with Crippen LogP contribution in [0.1, 0.15) is 95.1 Å². The lowest BCUT2D eigenvalue weighted by molar-refractivity contribution is 0.0544.